The predicted octanol–water partition coefficient (Wildman–Crippen LogP) is 8.73. The zero-order chi connectivity index (χ0) is 49.9. The first-order valence-corrected chi connectivity index (χ1v) is 25.2. The summed E-state index contributed by atoms with van der Waals surface area (Å²) in [6.45, 7) is 31.1. The lowest BCUT2D eigenvalue weighted by Crippen LogP contribution is -2.40. The Labute approximate surface area is 427 Å². The zero-order valence-corrected chi connectivity index (χ0v) is 43.8. The fourth-order valence-corrected chi connectivity index (χ4v) is 10.6. The second kappa shape index (κ2) is 25.7. The van der Waals surface area contributed by atoms with Crippen molar-refractivity contribution < 1.29 is 38.8 Å². The lowest BCUT2D eigenvalue weighted by Gasteiger charge is -2.34. The molecule has 8 rings (SSSR count). The molecule has 2 saturated heterocycles. The van der Waals surface area contributed by atoms with Gasteiger partial charge in [-0.1, -0.05) is 31.9 Å². The molecular weight excluding hydrogens is 1030 g/mol. The normalized spacial score (nSPS) is 20.2. The van der Waals surface area contributed by atoms with Crippen molar-refractivity contribution in [1.82, 2.24) is 30.0 Å². The van der Waals surface area contributed by atoms with E-state index in [-0.39, 0.29) is 53.3 Å². The molecule has 0 saturated carbocycles. The Bertz CT molecular complexity index is 2580. The van der Waals surface area contributed by atoms with Gasteiger partial charge in [0.2, 0.25) is 11.4 Å². The Balaban J connectivity index is 0.000000229. The molecule has 2 fully saturated rings. The van der Waals surface area contributed by atoms with Crippen molar-refractivity contribution in [3.8, 4) is 11.5 Å². The van der Waals surface area contributed by atoms with E-state index in [2.05, 4.69) is 74.7 Å². The fourth-order valence-electron chi connectivity index (χ4n) is 9.15. The van der Waals surface area contributed by atoms with Crippen LogP contribution in [0.5, 0.6) is 11.5 Å². The van der Waals surface area contributed by atoms with Gasteiger partial charge in [0.25, 0.3) is 11.8 Å². The van der Waals surface area contributed by atoms with Crippen LogP contribution in [0.3, 0.4) is 0 Å². The van der Waals surface area contributed by atoms with E-state index < -0.39 is 0 Å². The van der Waals surface area contributed by atoms with Crippen LogP contribution in [0.25, 0.3) is 9.69 Å². The van der Waals surface area contributed by atoms with Crippen molar-refractivity contribution in [2.45, 2.75) is 116 Å². The van der Waals surface area contributed by atoms with E-state index in [1.165, 1.54) is 12.4 Å². The van der Waals surface area contributed by atoms with Crippen molar-refractivity contribution in [2.24, 2.45) is 0 Å². The van der Waals surface area contributed by atoms with E-state index in [1.54, 1.807) is 23.1 Å². The summed E-state index contributed by atoms with van der Waals surface area (Å²) in [5.41, 5.74) is 7.41. The molecule has 2 amide bonds. The minimum Gasteiger partial charge on any atom is -0.505 e. The number of aldehydes is 1. The van der Waals surface area contributed by atoms with E-state index in [0.29, 0.717) is 78.6 Å². The third kappa shape index (κ3) is 12.9. The summed E-state index contributed by atoms with van der Waals surface area (Å²) in [6, 6.07) is 11.4. The number of nitrogens with zero attached hydrogens (tertiary/aromatic N) is 7. The number of carbonyl (C=O) groups is 3. The van der Waals surface area contributed by atoms with Crippen LogP contribution in [-0.4, -0.2) is 123 Å². The number of fused-ring (bicyclic) bond motifs is 2. The molecule has 0 radical (unpaired) electrons. The maximum atomic E-state index is 13.6. The summed E-state index contributed by atoms with van der Waals surface area (Å²) in [4.78, 5) is 59.3. The molecule has 0 aliphatic carbocycles. The number of aliphatic hydroxyl groups is 2. The second-order valence-corrected chi connectivity index (χ2v) is 19.4. The number of carbonyl (C=O) groups excluding carboxylic acids is 3. The molecule has 6 atom stereocenters. The average molecular weight is 1090 g/mol. The smallest absolute Gasteiger partial charge is 0.254 e. The van der Waals surface area contributed by atoms with E-state index >= 15 is 0 Å². The van der Waals surface area contributed by atoms with Crippen LogP contribution in [0.15, 0.2) is 57.7 Å². The molecule has 2 aromatic carbocycles. The lowest BCUT2D eigenvalue weighted by atomic mass is 9.94. The van der Waals surface area contributed by atoms with E-state index in [1.807, 2.05) is 51.7 Å². The quantitative estimate of drug-likeness (QED) is 0.0866. The molecule has 4 aliphatic heterocycles. The highest BCUT2D eigenvalue weighted by Crippen LogP contribution is 2.37. The Morgan fingerprint density at radius 1 is 0.786 bits per heavy atom. The number of rotatable bonds is 13. The molecule has 6 heterocycles. The fraction of sp³-hybridized carbons (Fsp3) is 0.481. The van der Waals surface area contributed by atoms with Crippen LogP contribution in [-0.2, 0) is 30.5 Å². The Hall–Kier alpha value is -5.34. The van der Waals surface area contributed by atoms with Crippen molar-refractivity contribution in [3.05, 3.63) is 125 Å². The average Bonchev–Trinajstić information content (AvgIpc) is 3.88. The Kier molecular flexibility index (Phi) is 20.4. The summed E-state index contributed by atoms with van der Waals surface area (Å²) < 4.78 is 13.0. The van der Waals surface area contributed by atoms with Gasteiger partial charge in [0.15, 0.2) is 0 Å². The van der Waals surface area contributed by atoms with Gasteiger partial charge in [0.1, 0.15) is 17.8 Å². The number of halogens is 3. The lowest BCUT2D eigenvalue weighted by molar-refractivity contribution is -0.107. The topological polar surface area (TPSA) is 166 Å². The number of hydrogen-bond donors (Lipinski definition) is 3. The molecule has 2 aromatic heterocycles. The van der Waals surface area contributed by atoms with Gasteiger partial charge in [-0.15, -0.1) is 0 Å². The first-order chi connectivity index (χ1) is 33.1. The highest BCUT2D eigenvalue weighted by atomic mass is 79.9. The van der Waals surface area contributed by atoms with Gasteiger partial charge in [0.05, 0.1) is 62.0 Å². The monoisotopic (exact) mass is 1090 g/mol. The van der Waals surface area contributed by atoms with Crippen LogP contribution in [0.1, 0.15) is 121 Å². The van der Waals surface area contributed by atoms with E-state index in [0.717, 1.165) is 88.4 Å². The van der Waals surface area contributed by atoms with Gasteiger partial charge in [-0.25, -0.2) is 9.69 Å². The minimum atomic E-state index is -0.270. The second-order valence-electron chi connectivity index (χ2n) is 17.7. The first-order valence-electron chi connectivity index (χ1n) is 23.7. The highest BCUT2D eigenvalue weighted by molar-refractivity contribution is 9.10. The van der Waals surface area contributed by atoms with E-state index in [4.69, 9.17) is 27.7 Å². The number of likely N-dealkylation sites (tertiary alicyclic amines) is 1. The third-order valence-corrected chi connectivity index (χ3v) is 14.8. The van der Waals surface area contributed by atoms with Gasteiger partial charge >= 0.3 is 0 Å². The number of aliphatic hydroxyl groups excluding tert-OH is 2. The van der Waals surface area contributed by atoms with Crippen LogP contribution in [0.2, 0.25) is 0 Å². The molecule has 374 valence electrons. The zero-order valence-electron chi connectivity index (χ0n) is 40.6. The Morgan fingerprint density at radius 2 is 1.29 bits per heavy atom. The molecule has 15 nitrogen and oxygen atoms in total. The molecule has 18 heteroatoms. The summed E-state index contributed by atoms with van der Waals surface area (Å²) in [7, 11) is 0. The number of benzene rings is 2. The maximum absolute atomic E-state index is 13.6. The summed E-state index contributed by atoms with van der Waals surface area (Å²) >= 11 is 7.23. The maximum Gasteiger partial charge on any atom is 0.254 e. The van der Waals surface area contributed by atoms with Crippen molar-refractivity contribution in [3.63, 3.8) is 0 Å². The van der Waals surface area contributed by atoms with Crippen LogP contribution >= 0.6 is 31.9 Å². The molecule has 0 spiro atoms. The van der Waals surface area contributed by atoms with Gasteiger partial charge in [-0.2, -0.15) is 0 Å². The standard InChI is InChI=1S/C26H31BrN4O3.C21H20BrN3O3.C5H11NO.FH/c1-5-34-25-14-22(29-15-23(25)28-4)16(2)31-11-7-19-20(26(31)33)12-18(13-21(19)27)6-9-30-10-8-24(32)17(30)3;1-4-28-20-11-18(24-12-19(20)23-3)13(2)25-7-5-15-16(21(25)27)9-14(6-8-26)10-17(15)22;1-4-5(7)2-3-6-4;/h12-17,24,32H,5-11H2,1-3H3;8-13H,4-7H2,1-2H3;4-7H,2-3H2,1H3;1H/t16?,17-,24-;;4-,5-;/m1.1./s1. The third-order valence-electron chi connectivity index (χ3n) is 13.4. The predicted molar refractivity (Wildman–Crippen MR) is 274 cm³/mol. The van der Waals surface area contributed by atoms with E-state index in [9.17, 15) is 19.5 Å². The molecular formula is C52H63Br2FN8O7. The number of hydrogen-bond acceptors (Lipinski definition) is 11. The minimum absolute atomic E-state index is 0. The Morgan fingerprint density at radius 3 is 1.69 bits per heavy atom. The number of nitrogens with one attached hydrogen (secondary N) is 1. The van der Waals surface area contributed by atoms with Gasteiger partial charge in [-0.05, 0) is 139 Å². The molecule has 4 aromatic rings. The van der Waals surface area contributed by atoms with Crippen LogP contribution in [0, 0.1) is 13.1 Å². The van der Waals surface area contributed by atoms with Crippen LogP contribution in [0.4, 0.5) is 16.1 Å². The number of ether oxygens (including phenoxy) is 2. The largest absolute Gasteiger partial charge is 0.505 e. The van der Waals surface area contributed by atoms with Crippen molar-refractivity contribution in [2.75, 3.05) is 45.9 Å². The molecule has 3 N–H and O–H groups in total. The molecule has 0 bridgehead atoms. The SMILES string of the molecule is C[C@H]1NCC[C@H]1O.F.[C-]#[N+]c1cnc(C(C)N2CCc3c(Br)cc(CC=O)cc3C2=O)cc1OCC.[C-]#[N+]c1cnc(C(C)N2CCc3c(Br)cc(CCN4CC[C@@H](O)[C@H]4C)cc3C2=O)cc1OCC. The van der Waals surface area contributed by atoms with Crippen molar-refractivity contribution in [1.29, 1.82) is 0 Å². The molecule has 2 unspecified atom stereocenters. The van der Waals surface area contributed by atoms with Gasteiger partial charge in [0, 0.05) is 77.1 Å². The van der Waals surface area contributed by atoms with Crippen molar-refractivity contribution >= 4 is 61.3 Å². The molecule has 4 aliphatic rings. The van der Waals surface area contributed by atoms with Crippen LogP contribution < -0.4 is 14.8 Å². The van der Waals surface area contributed by atoms with Gasteiger partial charge < -0.3 is 39.6 Å². The first kappa shape index (κ1) is 55.6. The number of aromatic nitrogens is 2. The summed E-state index contributed by atoms with van der Waals surface area (Å²) in [5, 5.41) is 22.1. The molecule has 70 heavy (non-hydrogen) atoms. The highest BCUT2D eigenvalue weighted by Gasteiger charge is 2.34. The number of amides is 2. The summed E-state index contributed by atoms with van der Waals surface area (Å²) in [5.74, 6) is 0.896. The number of pyridine rings is 2. The summed E-state index contributed by atoms with van der Waals surface area (Å²) in [6.07, 6.45) is 7.80. The van der Waals surface area contributed by atoms with Gasteiger partial charge in [-0.3, -0.25) is 29.2 Å².